The van der Waals surface area contributed by atoms with Gasteiger partial charge in [0.2, 0.25) is 0 Å². The molecule has 0 unspecified atom stereocenters. The molecule has 1 aromatic heterocycles. The fourth-order valence-electron chi connectivity index (χ4n) is 2.37. The normalized spacial score (nSPS) is 14.5. The molecule has 0 fully saturated rings. The summed E-state index contributed by atoms with van der Waals surface area (Å²) >= 11 is 3.09. The van der Waals surface area contributed by atoms with Gasteiger partial charge in [0.25, 0.3) is 10.0 Å². The van der Waals surface area contributed by atoms with E-state index in [-0.39, 0.29) is 22.7 Å². The molecule has 1 aliphatic rings. The van der Waals surface area contributed by atoms with Crippen LogP contribution in [0.1, 0.15) is 11.3 Å². The van der Waals surface area contributed by atoms with Gasteiger partial charge in [0, 0.05) is 12.6 Å². The number of hydrogen-bond donors (Lipinski definition) is 1. The number of hydrogen-bond acceptors (Lipinski definition) is 4. The zero-order valence-corrected chi connectivity index (χ0v) is 13.2. The number of rotatable bonds is 3. The van der Waals surface area contributed by atoms with Crippen LogP contribution in [0.4, 0.5) is 10.1 Å². The highest BCUT2D eigenvalue weighted by molar-refractivity contribution is 9.10. The Morgan fingerprint density at radius 1 is 1.38 bits per heavy atom. The van der Waals surface area contributed by atoms with Gasteiger partial charge in [-0.1, -0.05) is 6.07 Å². The average molecular weight is 375 g/mol. The predicted molar refractivity (Wildman–Crippen MR) is 78.9 cm³/mol. The van der Waals surface area contributed by atoms with Crippen molar-refractivity contribution in [1.29, 1.82) is 0 Å². The molecule has 1 aliphatic heterocycles. The third-order valence-electron chi connectivity index (χ3n) is 3.38. The number of nitrogens with zero attached hydrogens (tertiary/aromatic N) is 1. The van der Waals surface area contributed by atoms with Crippen LogP contribution in [0.5, 0.6) is 0 Å². The summed E-state index contributed by atoms with van der Waals surface area (Å²) in [7, 11) is -3.82. The molecule has 2 N–H and O–H groups in total. The zero-order chi connectivity index (χ0) is 15.2. The first kappa shape index (κ1) is 14.6. The predicted octanol–water partition coefficient (Wildman–Crippen LogP) is 2.39. The van der Waals surface area contributed by atoms with Gasteiger partial charge >= 0.3 is 0 Å². The Kier molecular flexibility index (Phi) is 3.54. The molecule has 0 aliphatic carbocycles. The van der Waals surface area contributed by atoms with Crippen molar-refractivity contribution < 1.29 is 17.2 Å². The molecule has 0 bridgehead atoms. The maximum atomic E-state index is 13.4. The van der Waals surface area contributed by atoms with Crippen LogP contribution in [0.2, 0.25) is 0 Å². The minimum Gasteiger partial charge on any atom is -0.452 e. The molecule has 21 heavy (non-hydrogen) atoms. The van der Waals surface area contributed by atoms with E-state index in [4.69, 9.17) is 10.2 Å². The monoisotopic (exact) mass is 374 g/mol. The molecule has 1 aromatic carbocycles. The SMILES string of the molecule is NCc1cc(S(=O)(=O)N2CCc3ccc(F)cc32)c(Br)o1. The summed E-state index contributed by atoms with van der Waals surface area (Å²) in [6, 6.07) is 5.56. The molecule has 0 radical (unpaired) electrons. The highest BCUT2D eigenvalue weighted by Crippen LogP contribution is 2.36. The second kappa shape index (κ2) is 5.11. The molecule has 2 heterocycles. The zero-order valence-electron chi connectivity index (χ0n) is 10.8. The lowest BCUT2D eigenvalue weighted by molar-refractivity contribution is 0.484. The van der Waals surface area contributed by atoms with Crippen LogP contribution in [-0.2, 0) is 23.0 Å². The van der Waals surface area contributed by atoms with Crippen molar-refractivity contribution in [3.63, 3.8) is 0 Å². The van der Waals surface area contributed by atoms with Crippen molar-refractivity contribution in [2.24, 2.45) is 5.73 Å². The van der Waals surface area contributed by atoms with Crippen LogP contribution in [0.25, 0.3) is 0 Å². The molecular weight excluding hydrogens is 363 g/mol. The van der Waals surface area contributed by atoms with Crippen molar-refractivity contribution in [3.8, 4) is 0 Å². The summed E-state index contributed by atoms with van der Waals surface area (Å²) in [6.45, 7) is 0.371. The van der Waals surface area contributed by atoms with Gasteiger partial charge in [-0.05, 0) is 40.0 Å². The molecule has 0 atom stereocenters. The van der Waals surface area contributed by atoms with E-state index in [1.807, 2.05) is 0 Å². The molecule has 0 amide bonds. The Hall–Kier alpha value is -1.38. The molecule has 0 saturated heterocycles. The Labute approximate surface area is 129 Å². The third-order valence-corrected chi connectivity index (χ3v) is 6.05. The average Bonchev–Trinajstić information content (AvgIpc) is 3.02. The van der Waals surface area contributed by atoms with E-state index in [1.54, 1.807) is 6.07 Å². The van der Waals surface area contributed by atoms with E-state index in [2.05, 4.69) is 15.9 Å². The number of furan rings is 1. The number of nitrogens with two attached hydrogens (primary N) is 1. The first-order chi connectivity index (χ1) is 9.93. The number of anilines is 1. The minimum absolute atomic E-state index is 0.0000567. The van der Waals surface area contributed by atoms with Crippen molar-refractivity contribution in [3.05, 3.63) is 46.1 Å². The fraction of sp³-hybridized carbons (Fsp3) is 0.231. The van der Waals surface area contributed by atoms with Crippen molar-refractivity contribution >= 4 is 31.6 Å². The summed E-state index contributed by atoms with van der Waals surface area (Å²) in [4.78, 5) is 0.0000567. The molecule has 3 rings (SSSR count). The highest BCUT2D eigenvalue weighted by atomic mass is 79.9. The first-order valence-electron chi connectivity index (χ1n) is 6.23. The lowest BCUT2D eigenvalue weighted by Crippen LogP contribution is -2.29. The standard InChI is InChI=1S/C13H12BrFN2O3S/c14-13-12(6-10(7-16)20-13)21(18,19)17-4-3-8-1-2-9(15)5-11(8)17/h1-2,5-6H,3-4,7,16H2. The summed E-state index contributed by atoms with van der Waals surface area (Å²) in [5.41, 5.74) is 6.63. The van der Waals surface area contributed by atoms with Gasteiger partial charge in [0.1, 0.15) is 16.5 Å². The summed E-state index contributed by atoms with van der Waals surface area (Å²) in [5.74, 6) is -0.108. The van der Waals surface area contributed by atoms with Crippen LogP contribution in [0.15, 0.2) is 38.2 Å². The van der Waals surface area contributed by atoms with E-state index >= 15 is 0 Å². The van der Waals surface area contributed by atoms with E-state index in [1.165, 1.54) is 22.5 Å². The molecule has 8 heteroatoms. The van der Waals surface area contributed by atoms with Gasteiger partial charge in [0.05, 0.1) is 12.2 Å². The molecule has 112 valence electrons. The van der Waals surface area contributed by atoms with Crippen molar-refractivity contribution in [2.75, 3.05) is 10.8 Å². The maximum absolute atomic E-state index is 13.4. The van der Waals surface area contributed by atoms with Gasteiger partial charge in [-0.3, -0.25) is 4.31 Å². The Bertz CT molecular complexity index is 804. The van der Waals surface area contributed by atoms with Gasteiger partial charge in [-0.2, -0.15) is 0 Å². The Morgan fingerprint density at radius 2 is 2.14 bits per heavy atom. The van der Waals surface area contributed by atoms with E-state index in [0.29, 0.717) is 17.9 Å². The van der Waals surface area contributed by atoms with E-state index < -0.39 is 15.8 Å². The summed E-state index contributed by atoms with van der Waals surface area (Å²) in [5, 5.41) is 0. The summed E-state index contributed by atoms with van der Waals surface area (Å²) in [6.07, 6.45) is 0.550. The van der Waals surface area contributed by atoms with Gasteiger partial charge in [-0.25, -0.2) is 12.8 Å². The highest BCUT2D eigenvalue weighted by Gasteiger charge is 2.34. The van der Waals surface area contributed by atoms with Crippen LogP contribution < -0.4 is 10.0 Å². The molecule has 5 nitrogen and oxygen atoms in total. The molecule has 0 spiro atoms. The topological polar surface area (TPSA) is 76.5 Å². The quantitative estimate of drug-likeness (QED) is 0.894. The van der Waals surface area contributed by atoms with Crippen LogP contribution in [0.3, 0.4) is 0 Å². The lowest BCUT2D eigenvalue weighted by Gasteiger charge is -2.18. The van der Waals surface area contributed by atoms with Crippen molar-refractivity contribution in [1.82, 2.24) is 0 Å². The smallest absolute Gasteiger partial charge is 0.268 e. The first-order valence-corrected chi connectivity index (χ1v) is 8.46. The number of halogens is 2. The van der Waals surface area contributed by atoms with E-state index in [9.17, 15) is 12.8 Å². The van der Waals surface area contributed by atoms with Gasteiger partial charge < -0.3 is 10.2 Å². The lowest BCUT2D eigenvalue weighted by atomic mass is 10.2. The third kappa shape index (κ3) is 2.37. The number of sulfonamides is 1. The number of benzene rings is 1. The summed E-state index contributed by atoms with van der Waals surface area (Å²) < 4.78 is 45.4. The van der Waals surface area contributed by atoms with Crippen LogP contribution in [0, 0.1) is 5.82 Å². The Morgan fingerprint density at radius 3 is 2.81 bits per heavy atom. The van der Waals surface area contributed by atoms with Gasteiger partial charge in [0.15, 0.2) is 4.67 Å². The maximum Gasteiger partial charge on any atom is 0.268 e. The molecule has 2 aromatic rings. The van der Waals surface area contributed by atoms with Crippen molar-refractivity contribution in [2.45, 2.75) is 17.9 Å². The fourth-order valence-corrected chi connectivity index (χ4v) is 4.82. The number of fused-ring (bicyclic) bond motifs is 1. The van der Waals surface area contributed by atoms with Gasteiger partial charge in [-0.15, -0.1) is 0 Å². The van der Waals surface area contributed by atoms with Crippen LogP contribution >= 0.6 is 15.9 Å². The minimum atomic E-state index is -3.82. The second-order valence-electron chi connectivity index (χ2n) is 4.66. The largest absolute Gasteiger partial charge is 0.452 e. The van der Waals surface area contributed by atoms with E-state index in [0.717, 1.165) is 5.56 Å². The molecule has 0 saturated carbocycles. The second-order valence-corrected chi connectivity index (χ2v) is 7.21. The molecular formula is C13H12BrFN2O3S. The van der Waals surface area contributed by atoms with Crippen LogP contribution in [-0.4, -0.2) is 15.0 Å². The Balaban J connectivity index is 2.09.